The van der Waals surface area contributed by atoms with E-state index in [4.69, 9.17) is 43.5 Å². The lowest BCUT2D eigenvalue weighted by atomic mass is 10.2. The van der Waals surface area contributed by atoms with Gasteiger partial charge in [0.15, 0.2) is 0 Å². The third kappa shape index (κ3) is 5.67. The zero-order chi connectivity index (χ0) is 14.0. The van der Waals surface area contributed by atoms with E-state index in [2.05, 4.69) is 0 Å². The molecular formula is C12H19Cl2NO3. The third-order valence-corrected chi connectivity index (χ3v) is 1.95. The van der Waals surface area contributed by atoms with Crippen LogP contribution < -0.4 is 15.2 Å². The van der Waals surface area contributed by atoms with Crippen LogP contribution in [-0.4, -0.2) is 23.7 Å². The lowest BCUT2D eigenvalue weighted by Gasteiger charge is -2.13. The normalized spacial score (nSPS) is 9.39. The first-order chi connectivity index (χ1) is 8.64. The maximum absolute atomic E-state index is 9.06. The van der Waals surface area contributed by atoms with Crippen LogP contribution in [0.4, 0.5) is 5.69 Å². The maximum atomic E-state index is 9.06. The van der Waals surface area contributed by atoms with Gasteiger partial charge in [-0.3, -0.25) is 0 Å². The predicted octanol–water partition coefficient (Wildman–Crippen LogP) is 2.98. The maximum Gasteiger partial charge on any atom is 0.146 e. The molecule has 18 heavy (non-hydrogen) atoms. The van der Waals surface area contributed by atoms with Crippen molar-refractivity contribution in [2.24, 2.45) is 0 Å². The van der Waals surface area contributed by atoms with Gasteiger partial charge in [0, 0.05) is 0 Å². The average molecular weight is 296 g/mol. The largest absolute Gasteiger partial charge is 0.492 e. The summed E-state index contributed by atoms with van der Waals surface area (Å²) < 4.78 is 10.7. The van der Waals surface area contributed by atoms with E-state index >= 15 is 0 Å². The zero-order valence-corrected chi connectivity index (χ0v) is 12.1. The Labute approximate surface area is 118 Å². The summed E-state index contributed by atoms with van der Waals surface area (Å²) in [4.78, 5) is 0. The van der Waals surface area contributed by atoms with Crippen LogP contribution in [0.1, 0.15) is 19.4 Å². The van der Waals surface area contributed by atoms with Gasteiger partial charge in [0.1, 0.15) is 17.2 Å². The summed E-state index contributed by atoms with van der Waals surface area (Å²) in [6.07, 6.45) is 0. The number of benzene rings is 1. The van der Waals surface area contributed by atoms with Crippen molar-refractivity contribution in [3.05, 3.63) is 17.7 Å². The molecule has 6 heteroatoms. The second-order valence-corrected chi connectivity index (χ2v) is 3.94. The summed E-state index contributed by atoms with van der Waals surface area (Å²) in [5.74, 6) is 1.12. The Balaban J connectivity index is 0.000000873. The van der Waals surface area contributed by atoms with Gasteiger partial charge in [0.25, 0.3) is 0 Å². The quantitative estimate of drug-likeness (QED) is 0.647. The van der Waals surface area contributed by atoms with Crippen molar-refractivity contribution in [2.75, 3.05) is 24.3 Å². The van der Waals surface area contributed by atoms with E-state index < -0.39 is 0 Å². The third-order valence-electron chi connectivity index (χ3n) is 1.95. The minimum atomic E-state index is -0.0551. The first-order valence-electron chi connectivity index (χ1n) is 5.55. The van der Waals surface area contributed by atoms with Crippen molar-refractivity contribution >= 4 is 28.9 Å². The van der Waals surface area contributed by atoms with Crippen molar-refractivity contribution in [1.29, 1.82) is 0 Å². The van der Waals surface area contributed by atoms with Crippen LogP contribution in [0.3, 0.4) is 0 Å². The molecule has 0 atom stereocenters. The van der Waals surface area contributed by atoms with Gasteiger partial charge < -0.3 is 20.3 Å². The van der Waals surface area contributed by atoms with Crippen LogP contribution in [0.25, 0.3) is 0 Å². The Kier molecular flexibility index (Phi) is 9.64. The van der Waals surface area contributed by atoms with Crippen molar-refractivity contribution < 1.29 is 14.6 Å². The summed E-state index contributed by atoms with van der Waals surface area (Å²) in [6.45, 7) is 4.77. The number of rotatable bonds is 5. The van der Waals surface area contributed by atoms with Gasteiger partial charge in [0.2, 0.25) is 0 Å². The van der Waals surface area contributed by atoms with Crippen LogP contribution in [0.5, 0.6) is 11.5 Å². The highest BCUT2D eigenvalue weighted by Gasteiger charge is 2.09. The molecule has 4 nitrogen and oxygen atoms in total. The first-order valence-corrected chi connectivity index (χ1v) is 6.62. The van der Waals surface area contributed by atoms with Crippen molar-refractivity contribution in [1.82, 2.24) is 0 Å². The highest BCUT2D eigenvalue weighted by Crippen LogP contribution is 2.33. The SMILES string of the molecule is CCOc1cc(CO)cc(OCC)c1N.ClCCl. The number of halogens is 2. The minimum Gasteiger partial charge on any atom is -0.492 e. The van der Waals surface area contributed by atoms with E-state index in [1.165, 1.54) is 0 Å². The van der Waals surface area contributed by atoms with Gasteiger partial charge in [-0.1, -0.05) is 0 Å². The molecule has 0 saturated heterocycles. The molecule has 0 fully saturated rings. The molecule has 0 amide bonds. The van der Waals surface area contributed by atoms with Gasteiger partial charge in [-0.05, 0) is 31.5 Å². The van der Waals surface area contributed by atoms with E-state index in [0.29, 0.717) is 30.4 Å². The number of hydrogen-bond acceptors (Lipinski definition) is 4. The molecule has 0 aliphatic carbocycles. The standard InChI is InChI=1S/C11H17NO3.CH2Cl2/c1-3-14-9-5-8(7-13)6-10(11(9)12)15-4-2;2-1-3/h5-6,13H,3-4,7,12H2,1-2H3;1H2. The zero-order valence-electron chi connectivity index (χ0n) is 10.6. The van der Waals surface area contributed by atoms with Crippen molar-refractivity contribution in [3.8, 4) is 11.5 Å². The van der Waals surface area contributed by atoms with Gasteiger partial charge in [-0.25, -0.2) is 0 Å². The van der Waals surface area contributed by atoms with Crippen LogP contribution in [0, 0.1) is 0 Å². The van der Waals surface area contributed by atoms with Gasteiger partial charge in [-0.15, -0.1) is 23.2 Å². The van der Waals surface area contributed by atoms with Crippen LogP contribution in [-0.2, 0) is 6.61 Å². The molecule has 104 valence electrons. The van der Waals surface area contributed by atoms with Crippen LogP contribution in [0.2, 0.25) is 0 Å². The molecule has 0 heterocycles. The summed E-state index contributed by atoms with van der Waals surface area (Å²) in [6, 6.07) is 3.45. The molecule has 0 unspecified atom stereocenters. The highest BCUT2D eigenvalue weighted by molar-refractivity contribution is 6.40. The topological polar surface area (TPSA) is 64.7 Å². The Bertz CT molecular complexity index is 321. The van der Waals surface area contributed by atoms with Crippen LogP contribution >= 0.6 is 23.2 Å². The number of nitrogen functional groups attached to an aromatic ring is 1. The molecule has 0 saturated carbocycles. The van der Waals surface area contributed by atoms with Crippen molar-refractivity contribution in [3.63, 3.8) is 0 Å². The Morgan fingerprint density at radius 1 is 1.11 bits per heavy atom. The van der Waals surface area contributed by atoms with E-state index in [1.54, 1.807) is 12.1 Å². The van der Waals surface area contributed by atoms with Crippen molar-refractivity contribution in [2.45, 2.75) is 20.5 Å². The second kappa shape index (κ2) is 10.1. The number of hydrogen-bond donors (Lipinski definition) is 2. The lowest BCUT2D eigenvalue weighted by molar-refractivity contribution is 0.277. The summed E-state index contributed by atoms with van der Waals surface area (Å²) in [7, 11) is 0. The minimum absolute atomic E-state index is 0.0551. The van der Waals surface area contributed by atoms with E-state index in [0.717, 1.165) is 5.56 Å². The average Bonchev–Trinajstić information content (AvgIpc) is 2.35. The van der Waals surface area contributed by atoms with E-state index in [9.17, 15) is 0 Å². The molecular weight excluding hydrogens is 277 g/mol. The lowest BCUT2D eigenvalue weighted by Crippen LogP contribution is -2.03. The summed E-state index contributed by atoms with van der Waals surface area (Å²) >= 11 is 9.53. The molecule has 0 aliphatic rings. The first kappa shape index (κ1) is 17.2. The van der Waals surface area contributed by atoms with Crippen LogP contribution in [0.15, 0.2) is 12.1 Å². The Hall–Kier alpha value is -0.840. The van der Waals surface area contributed by atoms with E-state index in [1.807, 2.05) is 13.8 Å². The molecule has 1 rings (SSSR count). The smallest absolute Gasteiger partial charge is 0.146 e. The molecule has 0 aliphatic heterocycles. The fourth-order valence-corrected chi connectivity index (χ4v) is 1.30. The number of aliphatic hydroxyl groups excluding tert-OH is 1. The molecule has 1 aromatic carbocycles. The summed E-state index contributed by atoms with van der Waals surface area (Å²) in [5.41, 5.74) is 7.06. The van der Waals surface area contributed by atoms with Gasteiger partial charge in [0.05, 0.1) is 25.2 Å². The molecule has 3 N–H and O–H groups in total. The fraction of sp³-hybridized carbons (Fsp3) is 0.500. The number of nitrogens with two attached hydrogens (primary N) is 1. The number of alkyl halides is 2. The van der Waals surface area contributed by atoms with E-state index in [-0.39, 0.29) is 11.9 Å². The number of aliphatic hydroxyl groups is 1. The van der Waals surface area contributed by atoms with Gasteiger partial charge in [-0.2, -0.15) is 0 Å². The fourth-order valence-electron chi connectivity index (χ4n) is 1.30. The molecule has 0 aromatic heterocycles. The molecule has 1 aromatic rings. The Morgan fingerprint density at radius 3 is 1.78 bits per heavy atom. The number of ether oxygens (including phenoxy) is 2. The summed E-state index contributed by atoms with van der Waals surface area (Å²) in [5, 5.41) is 9.26. The monoisotopic (exact) mass is 295 g/mol. The molecule has 0 spiro atoms. The second-order valence-electron chi connectivity index (χ2n) is 3.13. The number of anilines is 1. The van der Waals surface area contributed by atoms with Gasteiger partial charge >= 0.3 is 0 Å². The predicted molar refractivity (Wildman–Crippen MR) is 75.7 cm³/mol. The molecule has 0 radical (unpaired) electrons. The molecule has 0 bridgehead atoms. The highest BCUT2D eigenvalue weighted by atomic mass is 35.5. The Morgan fingerprint density at radius 2 is 1.50 bits per heavy atom.